The van der Waals surface area contributed by atoms with Gasteiger partial charge in [-0.25, -0.2) is 9.78 Å². The van der Waals surface area contributed by atoms with E-state index >= 15 is 0 Å². The number of aldehydes is 1. The molecule has 0 fully saturated rings. The Morgan fingerprint density at radius 2 is 2.31 bits per heavy atom. The average Bonchev–Trinajstić information content (AvgIpc) is 2.78. The van der Waals surface area contributed by atoms with E-state index in [1.54, 1.807) is 23.7 Å². The van der Waals surface area contributed by atoms with Crippen molar-refractivity contribution in [1.29, 1.82) is 0 Å². The summed E-state index contributed by atoms with van der Waals surface area (Å²) in [6, 6.07) is 1.50. The molecule has 0 saturated carbocycles. The van der Waals surface area contributed by atoms with Gasteiger partial charge in [-0.2, -0.15) is 0 Å². The fourth-order valence-electron chi connectivity index (χ4n) is 1.62. The van der Waals surface area contributed by atoms with E-state index < -0.39 is 5.97 Å². The summed E-state index contributed by atoms with van der Waals surface area (Å²) < 4.78 is 6.34. The minimum Gasteiger partial charge on any atom is -0.465 e. The Balaban J connectivity index is 2.82. The lowest BCUT2D eigenvalue weighted by Crippen LogP contribution is -2.08. The molecule has 0 amide bonds. The Bertz CT molecular complexity index is 572. The van der Waals surface area contributed by atoms with E-state index in [-0.39, 0.29) is 0 Å². The first kappa shape index (κ1) is 10.4. The molecule has 82 valence electrons. The van der Waals surface area contributed by atoms with Crippen LogP contribution in [0.25, 0.3) is 5.65 Å². The zero-order chi connectivity index (χ0) is 11.7. The molecule has 5 nitrogen and oxygen atoms in total. The number of imidazole rings is 1. The molecule has 0 atom stereocenters. The number of methoxy groups -OCH3 is 1. The van der Waals surface area contributed by atoms with E-state index in [0.717, 1.165) is 5.69 Å². The number of hydrogen-bond acceptors (Lipinski definition) is 4. The molecule has 0 aliphatic carbocycles. The molecule has 0 saturated heterocycles. The maximum Gasteiger partial charge on any atom is 0.341 e. The van der Waals surface area contributed by atoms with Crippen LogP contribution >= 0.6 is 0 Å². The van der Waals surface area contributed by atoms with Gasteiger partial charge in [0, 0.05) is 23.7 Å². The van der Waals surface area contributed by atoms with Crippen LogP contribution in [0.15, 0.2) is 18.5 Å². The number of carbonyl (C=O) groups excluding carboxylic acids is 2. The lowest BCUT2D eigenvalue weighted by Gasteiger charge is -2.07. The minimum absolute atomic E-state index is 0.292. The molecule has 0 bridgehead atoms. The van der Waals surface area contributed by atoms with Gasteiger partial charge in [0.1, 0.15) is 5.56 Å². The van der Waals surface area contributed by atoms with Crippen LogP contribution in [0.3, 0.4) is 0 Å². The normalized spacial score (nSPS) is 10.4. The van der Waals surface area contributed by atoms with Crippen molar-refractivity contribution in [2.75, 3.05) is 7.11 Å². The minimum atomic E-state index is -0.501. The molecule has 2 rings (SSSR count). The fraction of sp³-hybridized carbons (Fsp3) is 0.182. The highest BCUT2D eigenvalue weighted by atomic mass is 16.5. The third-order valence-electron chi connectivity index (χ3n) is 2.49. The molecule has 0 unspecified atom stereocenters. The zero-order valence-corrected chi connectivity index (χ0v) is 8.93. The van der Waals surface area contributed by atoms with Gasteiger partial charge in [-0.05, 0) is 13.0 Å². The average molecular weight is 218 g/mol. The van der Waals surface area contributed by atoms with Crippen LogP contribution < -0.4 is 0 Å². The first-order valence-electron chi connectivity index (χ1n) is 4.69. The van der Waals surface area contributed by atoms with Crippen LogP contribution in [0.4, 0.5) is 0 Å². The highest BCUT2D eigenvalue weighted by molar-refractivity contribution is 5.97. The summed E-state index contributed by atoms with van der Waals surface area (Å²) in [4.78, 5) is 26.5. The van der Waals surface area contributed by atoms with Crippen molar-refractivity contribution in [3.63, 3.8) is 0 Å². The molecule has 0 aliphatic rings. The van der Waals surface area contributed by atoms with Gasteiger partial charge >= 0.3 is 5.97 Å². The van der Waals surface area contributed by atoms with Gasteiger partial charge in [0.05, 0.1) is 7.11 Å². The largest absolute Gasteiger partial charge is 0.465 e. The predicted octanol–water partition coefficient (Wildman–Crippen LogP) is 1.24. The third kappa shape index (κ3) is 1.37. The second-order valence-electron chi connectivity index (χ2n) is 3.33. The van der Waals surface area contributed by atoms with Crippen molar-refractivity contribution in [2.24, 2.45) is 0 Å². The van der Waals surface area contributed by atoms with Crippen molar-refractivity contribution >= 4 is 17.9 Å². The molecule has 0 N–H and O–H groups in total. The van der Waals surface area contributed by atoms with Crippen LogP contribution in [-0.2, 0) is 4.74 Å². The van der Waals surface area contributed by atoms with E-state index in [2.05, 4.69) is 9.72 Å². The summed E-state index contributed by atoms with van der Waals surface area (Å²) in [6.07, 6.45) is 3.98. The van der Waals surface area contributed by atoms with Gasteiger partial charge in [0.15, 0.2) is 11.9 Å². The monoisotopic (exact) mass is 218 g/mol. The zero-order valence-electron chi connectivity index (χ0n) is 8.93. The molecule has 0 radical (unpaired) electrons. The third-order valence-corrected chi connectivity index (χ3v) is 2.49. The summed E-state index contributed by atoms with van der Waals surface area (Å²) in [5.41, 5.74) is 1.98. The number of carbonyl (C=O) groups is 2. The van der Waals surface area contributed by atoms with Crippen LogP contribution in [0.5, 0.6) is 0 Å². The molecular weight excluding hydrogens is 208 g/mol. The van der Waals surface area contributed by atoms with E-state index in [1.165, 1.54) is 13.2 Å². The van der Waals surface area contributed by atoms with Crippen LogP contribution in [0.1, 0.15) is 26.4 Å². The van der Waals surface area contributed by atoms with Gasteiger partial charge in [0.2, 0.25) is 0 Å². The number of rotatable bonds is 2. The number of aryl methyl sites for hydroxylation is 1. The van der Waals surface area contributed by atoms with Crippen molar-refractivity contribution in [1.82, 2.24) is 9.38 Å². The Hall–Kier alpha value is -2.17. The molecular formula is C11H10N2O3. The number of aromatic nitrogens is 2. The van der Waals surface area contributed by atoms with Gasteiger partial charge in [-0.1, -0.05) is 0 Å². The molecule has 2 aromatic heterocycles. The highest BCUT2D eigenvalue weighted by Crippen LogP contribution is 2.16. The fourth-order valence-corrected chi connectivity index (χ4v) is 1.62. The van der Waals surface area contributed by atoms with E-state index in [9.17, 15) is 9.59 Å². The smallest absolute Gasteiger partial charge is 0.341 e. The SMILES string of the molecule is COC(=O)c1cc(C=O)c(C)n2ccnc12. The summed E-state index contributed by atoms with van der Waals surface area (Å²) in [5.74, 6) is -0.501. The topological polar surface area (TPSA) is 60.7 Å². The van der Waals surface area contributed by atoms with E-state index in [4.69, 9.17) is 0 Å². The summed E-state index contributed by atoms with van der Waals surface area (Å²) in [5, 5.41) is 0. The van der Waals surface area contributed by atoms with Crippen molar-refractivity contribution in [3.8, 4) is 0 Å². The Kier molecular flexibility index (Phi) is 2.44. The maximum atomic E-state index is 11.5. The van der Waals surface area contributed by atoms with Gasteiger partial charge in [-0.3, -0.25) is 4.79 Å². The molecule has 0 aromatic carbocycles. The standard InChI is InChI=1S/C11H10N2O3/c1-7-8(6-14)5-9(11(15)16-2)10-12-3-4-13(7)10/h3-6H,1-2H3. The van der Waals surface area contributed by atoms with Crippen molar-refractivity contribution in [3.05, 3.63) is 35.3 Å². The second kappa shape index (κ2) is 3.77. The summed E-state index contributed by atoms with van der Waals surface area (Å²) in [6.45, 7) is 1.79. The second-order valence-corrected chi connectivity index (χ2v) is 3.33. The number of hydrogen-bond donors (Lipinski definition) is 0. The van der Waals surface area contributed by atoms with Gasteiger partial charge in [0.25, 0.3) is 0 Å². The van der Waals surface area contributed by atoms with E-state index in [0.29, 0.717) is 23.1 Å². The first-order valence-corrected chi connectivity index (χ1v) is 4.69. The molecule has 0 aliphatic heterocycles. The van der Waals surface area contributed by atoms with Gasteiger partial charge < -0.3 is 9.14 Å². The number of ether oxygens (including phenoxy) is 1. The van der Waals surface area contributed by atoms with Gasteiger partial charge in [-0.15, -0.1) is 0 Å². The van der Waals surface area contributed by atoms with Crippen LogP contribution in [0.2, 0.25) is 0 Å². The summed E-state index contributed by atoms with van der Waals surface area (Å²) >= 11 is 0. The molecule has 2 heterocycles. The Labute approximate surface area is 91.7 Å². The van der Waals surface area contributed by atoms with Crippen LogP contribution in [0, 0.1) is 6.92 Å². The lowest BCUT2D eigenvalue weighted by atomic mass is 10.1. The van der Waals surface area contributed by atoms with E-state index in [1.807, 2.05) is 0 Å². The Morgan fingerprint density at radius 3 is 2.94 bits per heavy atom. The van der Waals surface area contributed by atoms with Crippen LogP contribution in [-0.4, -0.2) is 28.7 Å². The first-order chi connectivity index (χ1) is 7.69. The number of pyridine rings is 1. The lowest BCUT2D eigenvalue weighted by molar-refractivity contribution is 0.0602. The Morgan fingerprint density at radius 1 is 1.56 bits per heavy atom. The maximum absolute atomic E-state index is 11.5. The quantitative estimate of drug-likeness (QED) is 0.562. The summed E-state index contributed by atoms with van der Waals surface area (Å²) in [7, 11) is 1.29. The number of fused-ring (bicyclic) bond motifs is 1. The van der Waals surface area contributed by atoms with Crippen molar-refractivity contribution in [2.45, 2.75) is 6.92 Å². The number of esters is 1. The van der Waals surface area contributed by atoms with Crippen molar-refractivity contribution < 1.29 is 14.3 Å². The highest BCUT2D eigenvalue weighted by Gasteiger charge is 2.15. The molecule has 5 heteroatoms. The predicted molar refractivity (Wildman–Crippen MR) is 56.7 cm³/mol. The number of nitrogens with zero attached hydrogens (tertiary/aromatic N) is 2. The molecule has 0 spiro atoms. The molecule has 16 heavy (non-hydrogen) atoms. The molecule has 2 aromatic rings.